The summed E-state index contributed by atoms with van der Waals surface area (Å²) in [6.45, 7) is 1.81. The van der Waals surface area contributed by atoms with Gasteiger partial charge in [0.1, 0.15) is 4.90 Å². The summed E-state index contributed by atoms with van der Waals surface area (Å²) in [4.78, 5) is 14.9. The molecular weight excluding hydrogens is 404 g/mol. The van der Waals surface area contributed by atoms with Gasteiger partial charge < -0.3 is 9.71 Å². The minimum Gasteiger partial charge on any atom is -0.381 e. The third-order valence-corrected chi connectivity index (χ3v) is 7.57. The van der Waals surface area contributed by atoms with Crippen LogP contribution in [0, 0.1) is 5.92 Å². The molecule has 28 heavy (non-hydrogen) atoms. The van der Waals surface area contributed by atoms with Crippen molar-refractivity contribution in [1.82, 2.24) is 0 Å². The monoisotopic (exact) mass is 428 g/mol. The molecule has 10 heteroatoms. The number of benzene rings is 1. The van der Waals surface area contributed by atoms with E-state index in [0.29, 0.717) is 25.7 Å². The minimum absolute atomic E-state index is 0.264. The Morgan fingerprint density at radius 1 is 1.14 bits per heavy atom. The maximum Gasteiger partial charge on any atom is 0.452 e. The van der Waals surface area contributed by atoms with E-state index in [2.05, 4.69) is 4.79 Å². The van der Waals surface area contributed by atoms with E-state index in [1.54, 1.807) is 0 Å². The van der Waals surface area contributed by atoms with Crippen LogP contribution in [0.25, 0.3) is 5.53 Å². The van der Waals surface area contributed by atoms with Gasteiger partial charge >= 0.3 is 15.2 Å². The number of nitrogens with zero attached hydrogens (tertiary/aromatic N) is 2. The molecule has 0 N–H and O–H groups in total. The predicted molar refractivity (Wildman–Crippen MR) is 103 cm³/mol. The fourth-order valence-electron chi connectivity index (χ4n) is 3.12. The van der Waals surface area contributed by atoms with Crippen molar-refractivity contribution in [2.45, 2.75) is 56.8 Å². The molecule has 0 spiro atoms. The Kier molecular flexibility index (Phi) is 7.51. The summed E-state index contributed by atoms with van der Waals surface area (Å²) in [5.74, 6) is -1.97. The van der Waals surface area contributed by atoms with E-state index in [0.717, 1.165) is 25.3 Å². The van der Waals surface area contributed by atoms with Crippen molar-refractivity contribution < 1.29 is 30.6 Å². The number of hydrogen-bond acceptors (Lipinski definition) is 6. The normalized spacial score (nSPS) is 15.6. The number of rotatable bonds is 8. The minimum atomic E-state index is -4.56. The number of carbonyl (C=O) groups excluding carboxylic acids is 1. The smallest absolute Gasteiger partial charge is 0.381 e. The third-order valence-electron chi connectivity index (χ3n) is 4.64. The molecule has 0 radical (unpaired) electrons. The van der Waals surface area contributed by atoms with Crippen LogP contribution < -0.4 is 4.18 Å². The standard InChI is InChI=1S/C18H24N2O6S2/c1-2-3-13-27(22,23)26-15-11-7-8-12-16(15)28(24,25)18(20-19)17(21)14-9-5-4-6-10-14/h7-8,11-12,14H,2-6,9-10,13H2,1H3. The zero-order valence-corrected chi connectivity index (χ0v) is 17.3. The lowest BCUT2D eigenvalue weighted by molar-refractivity contribution is -0.120. The van der Waals surface area contributed by atoms with Crippen LogP contribution >= 0.6 is 0 Å². The number of Topliss-reactive ketones (excluding diaryl/α,β-unsaturated/α-hetero) is 1. The molecule has 0 saturated heterocycles. The van der Waals surface area contributed by atoms with Gasteiger partial charge in [0.2, 0.25) is 0 Å². The van der Waals surface area contributed by atoms with Crippen molar-refractivity contribution >= 4 is 30.8 Å². The maximum absolute atomic E-state index is 13.0. The molecule has 0 unspecified atom stereocenters. The molecule has 0 heterocycles. The summed E-state index contributed by atoms with van der Waals surface area (Å²) in [7, 11) is -8.57. The van der Waals surface area contributed by atoms with Gasteiger partial charge in [-0.3, -0.25) is 4.79 Å². The molecule has 0 atom stereocenters. The van der Waals surface area contributed by atoms with E-state index in [1.165, 1.54) is 18.2 Å². The van der Waals surface area contributed by atoms with Gasteiger partial charge in [0, 0.05) is 5.92 Å². The lowest BCUT2D eigenvalue weighted by atomic mass is 9.86. The van der Waals surface area contributed by atoms with E-state index in [4.69, 9.17) is 4.18 Å². The fraction of sp³-hybridized carbons (Fsp3) is 0.556. The average molecular weight is 429 g/mol. The molecule has 1 saturated carbocycles. The molecular formula is C18H24N2O6S2. The zero-order chi connectivity index (χ0) is 20.8. The predicted octanol–water partition coefficient (Wildman–Crippen LogP) is 2.75. The van der Waals surface area contributed by atoms with Crippen molar-refractivity contribution in [3.05, 3.63) is 29.8 Å². The van der Waals surface area contributed by atoms with Gasteiger partial charge in [-0.05, 0) is 31.4 Å². The van der Waals surface area contributed by atoms with Crippen molar-refractivity contribution in [2.75, 3.05) is 5.75 Å². The second-order valence-electron chi connectivity index (χ2n) is 6.75. The van der Waals surface area contributed by atoms with Crippen LogP contribution in [0.3, 0.4) is 0 Å². The topological polar surface area (TPSA) is 131 Å². The molecule has 1 fully saturated rings. The van der Waals surface area contributed by atoms with Gasteiger partial charge in [-0.25, -0.2) is 8.42 Å². The van der Waals surface area contributed by atoms with Crippen molar-refractivity contribution in [3.8, 4) is 5.75 Å². The largest absolute Gasteiger partial charge is 0.452 e. The quantitative estimate of drug-likeness (QED) is 0.206. The highest BCUT2D eigenvalue weighted by atomic mass is 32.2. The molecule has 1 aromatic carbocycles. The van der Waals surface area contributed by atoms with Crippen LogP contribution in [0.4, 0.5) is 0 Å². The first-order valence-electron chi connectivity index (χ1n) is 9.25. The van der Waals surface area contributed by atoms with E-state index < -0.39 is 47.3 Å². The first-order valence-corrected chi connectivity index (χ1v) is 12.3. The molecule has 2 rings (SSSR count). The Morgan fingerprint density at radius 3 is 2.39 bits per heavy atom. The van der Waals surface area contributed by atoms with Crippen molar-refractivity contribution in [3.63, 3.8) is 0 Å². The SMILES string of the molecule is CCCCS(=O)(=O)Oc1ccccc1S(=O)(=O)C(=[N+]=[N-])C(=O)C1CCCCC1. The summed E-state index contributed by atoms with van der Waals surface area (Å²) in [5, 5.41) is -0.985. The lowest BCUT2D eigenvalue weighted by Crippen LogP contribution is -2.33. The average Bonchev–Trinajstić information content (AvgIpc) is 2.67. The van der Waals surface area contributed by atoms with Crippen LogP contribution in [-0.4, -0.2) is 38.2 Å². The number of hydrogen-bond donors (Lipinski definition) is 0. The highest BCUT2D eigenvalue weighted by Gasteiger charge is 2.43. The van der Waals surface area contributed by atoms with Crippen molar-refractivity contribution in [1.29, 1.82) is 0 Å². The molecule has 1 aliphatic carbocycles. The van der Waals surface area contributed by atoms with Gasteiger partial charge in [-0.1, -0.05) is 44.7 Å². The highest BCUT2D eigenvalue weighted by molar-refractivity contribution is 8.08. The van der Waals surface area contributed by atoms with Crippen LogP contribution in [0.1, 0.15) is 51.9 Å². The van der Waals surface area contributed by atoms with Gasteiger partial charge in [-0.15, -0.1) is 4.79 Å². The first-order chi connectivity index (χ1) is 13.2. The number of para-hydroxylation sites is 1. The lowest BCUT2D eigenvalue weighted by Gasteiger charge is -2.18. The van der Waals surface area contributed by atoms with E-state index in [-0.39, 0.29) is 5.75 Å². The van der Waals surface area contributed by atoms with Crippen LogP contribution in [0.2, 0.25) is 0 Å². The summed E-state index contributed by atoms with van der Waals surface area (Å²) in [5.41, 5.74) is 9.29. The number of carbonyl (C=O) groups is 1. The van der Waals surface area contributed by atoms with Crippen LogP contribution in [-0.2, 0) is 24.7 Å². The van der Waals surface area contributed by atoms with Crippen LogP contribution in [0.15, 0.2) is 29.2 Å². The molecule has 1 aromatic rings. The van der Waals surface area contributed by atoms with E-state index >= 15 is 0 Å². The number of sulfone groups is 1. The van der Waals surface area contributed by atoms with Crippen LogP contribution in [0.5, 0.6) is 5.75 Å². The van der Waals surface area contributed by atoms with E-state index in [1.807, 2.05) is 6.92 Å². The van der Waals surface area contributed by atoms with Gasteiger partial charge in [0.15, 0.2) is 5.75 Å². The molecule has 0 aliphatic heterocycles. The Balaban J connectivity index is 2.39. The molecule has 154 valence electrons. The fourth-order valence-corrected chi connectivity index (χ4v) is 5.70. The summed E-state index contributed by atoms with van der Waals surface area (Å²) in [6, 6.07) is 5.11. The Bertz CT molecular complexity index is 973. The third kappa shape index (κ3) is 5.27. The Labute approximate surface area is 165 Å². The summed E-state index contributed by atoms with van der Waals surface area (Å²) >= 11 is 0. The molecule has 0 bridgehead atoms. The van der Waals surface area contributed by atoms with Gasteiger partial charge in [0.05, 0.1) is 5.75 Å². The second-order valence-corrected chi connectivity index (χ2v) is 10.3. The Morgan fingerprint density at radius 2 is 1.79 bits per heavy atom. The maximum atomic E-state index is 13.0. The Hall–Kier alpha value is -2.03. The summed E-state index contributed by atoms with van der Waals surface area (Å²) in [6.07, 6.45) is 4.60. The van der Waals surface area contributed by atoms with Gasteiger partial charge in [-0.2, -0.15) is 8.42 Å². The highest BCUT2D eigenvalue weighted by Crippen LogP contribution is 2.30. The second kappa shape index (κ2) is 9.45. The van der Waals surface area contributed by atoms with Gasteiger partial charge in [0.25, 0.3) is 15.6 Å². The summed E-state index contributed by atoms with van der Waals surface area (Å²) < 4.78 is 55.1. The zero-order valence-electron chi connectivity index (χ0n) is 15.7. The number of ketones is 1. The molecule has 8 nitrogen and oxygen atoms in total. The molecule has 0 amide bonds. The molecule has 1 aliphatic rings. The van der Waals surface area contributed by atoms with Crippen molar-refractivity contribution in [2.24, 2.45) is 5.92 Å². The first kappa shape index (κ1) is 22.3. The number of unbranched alkanes of at least 4 members (excludes halogenated alkanes) is 1. The molecule has 0 aromatic heterocycles. The van der Waals surface area contributed by atoms with E-state index in [9.17, 15) is 27.2 Å².